The minimum Gasteiger partial charge on any atom is -0.354 e. The number of rotatable bonds is 6. The van der Waals surface area contributed by atoms with Gasteiger partial charge in [-0.3, -0.25) is 4.79 Å². The molecular formula is C12H21NO. The summed E-state index contributed by atoms with van der Waals surface area (Å²) in [4.78, 5) is 11.7. The highest BCUT2D eigenvalue weighted by Crippen LogP contribution is 2.36. The van der Waals surface area contributed by atoms with E-state index < -0.39 is 0 Å². The predicted molar refractivity (Wildman–Crippen MR) is 58.9 cm³/mol. The van der Waals surface area contributed by atoms with Gasteiger partial charge in [-0.15, -0.1) is 6.58 Å². The van der Waals surface area contributed by atoms with Crippen molar-refractivity contribution in [1.29, 1.82) is 0 Å². The molecule has 2 nitrogen and oxygen atoms in total. The lowest BCUT2D eigenvalue weighted by atomic mass is 9.97. The van der Waals surface area contributed by atoms with Crippen molar-refractivity contribution in [3.8, 4) is 0 Å². The largest absolute Gasteiger partial charge is 0.354 e. The van der Waals surface area contributed by atoms with Crippen molar-refractivity contribution in [3.63, 3.8) is 0 Å². The predicted octanol–water partition coefficient (Wildman–Crippen LogP) is 2.50. The number of nitrogens with one attached hydrogen (secondary N) is 1. The third-order valence-electron chi connectivity index (χ3n) is 2.57. The number of carbonyl (C=O) groups excluding carboxylic acids is 1. The third-order valence-corrected chi connectivity index (χ3v) is 2.57. The quantitative estimate of drug-likeness (QED) is 0.648. The fraction of sp³-hybridized carbons (Fsp3) is 0.750. The molecule has 1 N–H and O–H groups in total. The van der Waals surface area contributed by atoms with Gasteiger partial charge in [-0.05, 0) is 32.6 Å². The van der Waals surface area contributed by atoms with Crippen LogP contribution >= 0.6 is 0 Å². The van der Waals surface area contributed by atoms with Crippen LogP contribution in [0, 0.1) is 11.8 Å². The van der Waals surface area contributed by atoms with Gasteiger partial charge < -0.3 is 5.32 Å². The molecule has 0 radical (unpaired) electrons. The van der Waals surface area contributed by atoms with Crippen molar-refractivity contribution < 1.29 is 4.79 Å². The summed E-state index contributed by atoms with van der Waals surface area (Å²) in [5.74, 6) is 1.16. The first-order valence-electron chi connectivity index (χ1n) is 5.54. The van der Waals surface area contributed by atoms with Crippen molar-refractivity contribution in [1.82, 2.24) is 5.32 Å². The summed E-state index contributed by atoms with van der Waals surface area (Å²) in [6, 6.07) is 0.244. The van der Waals surface area contributed by atoms with Gasteiger partial charge in [0.15, 0.2) is 0 Å². The zero-order valence-corrected chi connectivity index (χ0v) is 9.25. The standard InChI is InChI=1S/C12H21NO/c1-4-5-11(8-10-6-7-10)12(14)13-9(2)3/h4,9-11H,1,5-8H2,2-3H3,(H,13,14). The Morgan fingerprint density at radius 2 is 2.21 bits per heavy atom. The van der Waals surface area contributed by atoms with Gasteiger partial charge in [0, 0.05) is 12.0 Å². The van der Waals surface area contributed by atoms with Crippen LogP contribution in [-0.2, 0) is 4.79 Å². The van der Waals surface area contributed by atoms with Crippen LogP contribution in [0.25, 0.3) is 0 Å². The molecule has 1 atom stereocenters. The maximum atomic E-state index is 11.7. The molecule has 1 unspecified atom stereocenters. The zero-order valence-electron chi connectivity index (χ0n) is 9.25. The molecule has 1 rings (SSSR count). The van der Waals surface area contributed by atoms with E-state index in [9.17, 15) is 4.79 Å². The van der Waals surface area contributed by atoms with Crippen LogP contribution in [0.2, 0.25) is 0 Å². The maximum Gasteiger partial charge on any atom is 0.223 e. The van der Waals surface area contributed by atoms with Gasteiger partial charge in [-0.1, -0.05) is 18.9 Å². The Bertz CT molecular complexity index is 206. The van der Waals surface area contributed by atoms with E-state index in [1.807, 2.05) is 19.9 Å². The van der Waals surface area contributed by atoms with Gasteiger partial charge >= 0.3 is 0 Å². The second-order valence-corrected chi connectivity index (χ2v) is 4.56. The van der Waals surface area contributed by atoms with Crippen LogP contribution in [0.15, 0.2) is 12.7 Å². The van der Waals surface area contributed by atoms with Gasteiger partial charge in [-0.2, -0.15) is 0 Å². The number of carbonyl (C=O) groups is 1. The molecule has 80 valence electrons. The van der Waals surface area contributed by atoms with Gasteiger partial charge in [0.25, 0.3) is 0 Å². The van der Waals surface area contributed by atoms with Gasteiger partial charge in [0.2, 0.25) is 5.91 Å². The van der Waals surface area contributed by atoms with Crippen molar-refractivity contribution in [2.75, 3.05) is 0 Å². The number of allylic oxidation sites excluding steroid dienone is 1. The number of hydrogen-bond donors (Lipinski definition) is 1. The summed E-state index contributed by atoms with van der Waals surface area (Å²) in [6.45, 7) is 7.71. The van der Waals surface area contributed by atoms with E-state index >= 15 is 0 Å². The summed E-state index contributed by atoms with van der Waals surface area (Å²) in [5, 5.41) is 2.97. The highest BCUT2D eigenvalue weighted by Gasteiger charge is 2.28. The molecule has 0 aromatic heterocycles. The van der Waals surface area contributed by atoms with Crippen LogP contribution in [0.4, 0.5) is 0 Å². The molecule has 0 spiro atoms. The topological polar surface area (TPSA) is 29.1 Å². The SMILES string of the molecule is C=CCC(CC1CC1)C(=O)NC(C)C. The van der Waals surface area contributed by atoms with Gasteiger partial charge in [0.1, 0.15) is 0 Å². The van der Waals surface area contributed by atoms with E-state index in [4.69, 9.17) is 0 Å². The van der Waals surface area contributed by atoms with Crippen molar-refractivity contribution in [2.24, 2.45) is 11.8 Å². The molecule has 0 bridgehead atoms. The molecule has 1 fully saturated rings. The maximum absolute atomic E-state index is 11.7. The summed E-state index contributed by atoms with van der Waals surface area (Å²) < 4.78 is 0. The summed E-state index contributed by atoms with van der Waals surface area (Å²) in [7, 11) is 0. The highest BCUT2D eigenvalue weighted by atomic mass is 16.1. The van der Waals surface area contributed by atoms with Crippen LogP contribution in [0.3, 0.4) is 0 Å². The Morgan fingerprint density at radius 3 is 2.64 bits per heavy atom. The average molecular weight is 195 g/mol. The Morgan fingerprint density at radius 1 is 1.57 bits per heavy atom. The molecular weight excluding hydrogens is 174 g/mol. The lowest BCUT2D eigenvalue weighted by Gasteiger charge is -2.16. The van der Waals surface area contributed by atoms with E-state index in [1.54, 1.807) is 0 Å². The minimum absolute atomic E-state index is 0.155. The van der Waals surface area contributed by atoms with Crippen LogP contribution in [0.1, 0.15) is 39.5 Å². The smallest absolute Gasteiger partial charge is 0.223 e. The van der Waals surface area contributed by atoms with E-state index in [0.29, 0.717) is 0 Å². The molecule has 0 aliphatic heterocycles. The summed E-state index contributed by atoms with van der Waals surface area (Å²) in [5.41, 5.74) is 0. The fourth-order valence-corrected chi connectivity index (χ4v) is 1.67. The van der Waals surface area contributed by atoms with E-state index in [0.717, 1.165) is 18.8 Å². The van der Waals surface area contributed by atoms with Crippen LogP contribution < -0.4 is 5.32 Å². The molecule has 1 aliphatic carbocycles. The van der Waals surface area contributed by atoms with Gasteiger partial charge in [-0.25, -0.2) is 0 Å². The molecule has 2 heteroatoms. The normalized spacial score (nSPS) is 17.9. The van der Waals surface area contributed by atoms with E-state index in [-0.39, 0.29) is 17.9 Å². The molecule has 0 aromatic carbocycles. The minimum atomic E-state index is 0.155. The van der Waals surface area contributed by atoms with Crippen LogP contribution in [0.5, 0.6) is 0 Å². The van der Waals surface area contributed by atoms with E-state index in [1.165, 1.54) is 12.8 Å². The number of hydrogen-bond acceptors (Lipinski definition) is 1. The lowest BCUT2D eigenvalue weighted by molar-refractivity contribution is -0.125. The second kappa shape index (κ2) is 5.18. The first kappa shape index (κ1) is 11.3. The highest BCUT2D eigenvalue weighted by molar-refractivity contribution is 5.79. The molecule has 14 heavy (non-hydrogen) atoms. The zero-order chi connectivity index (χ0) is 10.6. The monoisotopic (exact) mass is 195 g/mol. The molecule has 0 heterocycles. The van der Waals surface area contributed by atoms with Gasteiger partial charge in [0.05, 0.1) is 0 Å². The fourth-order valence-electron chi connectivity index (χ4n) is 1.67. The third kappa shape index (κ3) is 3.95. The Kier molecular flexibility index (Phi) is 4.18. The first-order chi connectivity index (χ1) is 6.63. The molecule has 1 amide bonds. The summed E-state index contributed by atoms with van der Waals surface area (Å²) in [6.07, 6.45) is 6.33. The first-order valence-corrected chi connectivity index (χ1v) is 5.54. The summed E-state index contributed by atoms with van der Waals surface area (Å²) >= 11 is 0. The Balaban J connectivity index is 2.38. The molecule has 1 saturated carbocycles. The van der Waals surface area contributed by atoms with Crippen LogP contribution in [-0.4, -0.2) is 11.9 Å². The van der Waals surface area contributed by atoms with Crippen molar-refractivity contribution in [3.05, 3.63) is 12.7 Å². The van der Waals surface area contributed by atoms with Crippen molar-refractivity contribution >= 4 is 5.91 Å². The Labute approximate surface area is 86.8 Å². The molecule has 0 aromatic rings. The number of amides is 1. The van der Waals surface area contributed by atoms with E-state index in [2.05, 4.69) is 11.9 Å². The lowest BCUT2D eigenvalue weighted by Crippen LogP contribution is -2.35. The second-order valence-electron chi connectivity index (χ2n) is 4.56. The molecule has 0 saturated heterocycles. The molecule has 1 aliphatic rings. The Hall–Kier alpha value is -0.790. The van der Waals surface area contributed by atoms with Crippen molar-refractivity contribution in [2.45, 2.75) is 45.6 Å². The average Bonchev–Trinajstić information content (AvgIpc) is 2.86.